The maximum Gasteiger partial charge on any atom is 0.434 e. The van der Waals surface area contributed by atoms with Crippen molar-refractivity contribution in [3.05, 3.63) is 52.1 Å². The molecular formula is C11H10FN5O2. The number of imidazole rings is 1. The van der Waals surface area contributed by atoms with Crippen LogP contribution in [0.25, 0.3) is 0 Å². The van der Waals surface area contributed by atoms with Gasteiger partial charge in [0.1, 0.15) is 12.0 Å². The second kappa shape index (κ2) is 5.25. The van der Waals surface area contributed by atoms with E-state index < -0.39 is 4.92 Å². The van der Waals surface area contributed by atoms with E-state index >= 15 is 0 Å². The van der Waals surface area contributed by atoms with E-state index in [1.807, 2.05) is 0 Å². The van der Waals surface area contributed by atoms with Gasteiger partial charge in [-0.25, -0.2) is 8.96 Å². The molecule has 0 saturated heterocycles. The predicted octanol–water partition coefficient (Wildman–Crippen LogP) is 1.91. The van der Waals surface area contributed by atoms with Crippen LogP contribution in [-0.4, -0.2) is 20.7 Å². The molecule has 0 aliphatic carbocycles. The third-order valence-corrected chi connectivity index (χ3v) is 2.40. The summed E-state index contributed by atoms with van der Waals surface area (Å²) < 4.78 is 14.0. The number of hydrazone groups is 1. The first kappa shape index (κ1) is 12.7. The van der Waals surface area contributed by atoms with Gasteiger partial charge in [-0.1, -0.05) is 4.98 Å². The quantitative estimate of drug-likeness (QED) is 0.518. The van der Waals surface area contributed by atoms with Gasteiger partial charge in [0.2, 0.25) is 0 Å². The Labute approximate surface area is 107 Å². The zero-order valence-electron chi connectivity index (χ0n) is 9.95. The summed E-state index contributed by atoms with van der Waals surface area (Å²) in [4.78, 5) is 13.7. The van der Waals surface area contributed by atoms with E-state index in [4.69, 9.17) is 0 Å². The van der Waals surface area contributed by atoms with Gasteiger partial charge in [0.05, 0.1) is 18.9 Å². The molecule has 8 heteroatoms. The van der Waals surface area contributed by atoms with Crippen LogP contribution in [0.3, 0.4) is 0 Å². The normalized spacial score (nSPS) is 10.8. The van der Waals surface area contributed by atoms with Crippen molar-refractivity contribution in [2.75, 3.05) is 5.43 Å². The average molecular weight is 263 g/mol. The minimum atomic E-state index is -0.579. The fourth-order valence-corrected chi connectivity index (χ4v) is 1.40. The molecule has 0 atom stereocenters. The molecule has 0 radical (unpaired) electrons. The molecule has 0 saturated carbocycles. The number of hydrogen-bond donors (Lipinski definition) is 1. The van der Waals surface area contributed by atoms with Crippen molar-refractivity contribution in [3.63, 3.8) is 0 Å². The zero-order chi connectivity index (χ0) is 13.8. The largest absolute Gasteiger partial charge is 0.434 e. The number of halogens is 1. The molecule has 0 spiro atoms. The Kier molecular flexibility index (Phi) is 3.51. The van der Waals surface area contributed by atoms with Crippen LogP contribution in [0.1, 0.15) is 5.69 Å². The molecular weight excluding hydrogens is 253 g/mol. The molecule has 0 aliphatic rings. The molecule has 19 heavy (non-hydrogen) atoms. The van der Waals surface area contributed by atoms with Crippen molar-refractivity contribution in [2.24, 2.45) is 12.1 Å². The van der Waals surface area contributed by atoms with Crippen molar-refractivity contribution < 1.29 is 9.31 Å². The highest BCUT2D eigenvalue weighted by molar-refractivity contribution is 5.78. The van der Waals surface area contributed by atoms with Crippen LogP contribution in [0, 0.1) is 15.9 Å². The Hall–Kier alpha value is -2.77. The summed E-state index contributed by atoms with van der Waals surface area (Å²) in [6.45, 7) is 0. The Morgan fingerprint density at radius 2 is 2.16 bits per heavy atom. The van der Waals surface area contributed by atoms with Crippen LogP contribution in [-0.2, 0) is 7.05 Å². The third kappa shape index (κ3) is 2.92. The predicted molar refractivity (Wildman–Crippen MR) is 67.5 cm³/mol. The number of aromatic nitrogens is 2. The lowest BCUT2D eigenvalue weighted by molar-refractivity contribution is -0.396. The number of nitrogens with one attached hydrogen (secondary N) is 1. The smallest absolute Gasteiger partial charge is 0.390 e. The van der Waals surface area contributed by atoms with E-state index in [0.717, 1.165) is 0 Å². The Balaban J connectivity index is 2.07. The van der Waals surface area contributed by atoms with Crippen LogP contribution in [0.5, 0.6) is 0 Å². The lowest BCUT2D eigenvalue weighted by atomic mass is 10.3. The van der Waals surface area contributed by atoms with E-state index in [1.165, 1.54) is 48.3 Å². The lowest BCUT2D eigenvalue weighted by Crippen LogP contribution is -2.02. The molecule has 1 N–H and O–H groups in total. The summed E-state index contributed by atoms with van der Waals surface area (Å²) >= 11 is 0. The molecule has 1 aromatic carbocycles. The summed E-state index contributed by atoms with van der Waals surface area (Å²) in [6, 6.07) is 5.65. The van der Waals surface area contributed by atoms with Gasteiger partial charge in [-0.2, -0.15) is 5.10 Å². The van der Waals surface area contributed by atoms with E-state index in [-0.39, 0.29) is 11.8 Å². The molecule has 98 valence electrons. The number of benzene rings is 1. The van der Waals surface area contributed by atoms with Gasteiger partial charge in [-0.3, -0.25) is 5.43 Å². The van der Waals surface area contributed by atoms with Gasteiger partial charge in [-0.15, -0.1) is 0 Å². The van der Waals surface area contributed by atoms with Crippen LogP contribution < -0.4 is 5.43 Å². The molecule has 0 aliphatic heterocycles. The molecule has 2 rings (SSSR count). The molecule has 0 amide bonds. The van der Waals surface area contributed by atoms with E-state index in [0.29, 0.717) is 11.4 Å². The molecule has 0 fully saturated rings. The molecule has 0 bridgehead atoms. The summed E-state index contributed by atoms with van der Waals surface area (Å²) in [5.74, 6) is -0.597. The second-order valence-electron chi connectivity index (χ2n) is 3.68. The molecule has 2 aromatic rings. The summed E-state index contributed by atoms with van der Waals surface area (Å²) in [5, 5.41) is 14.5. The first-order valence-corrected chi connectivity index (χ1v) is 5.28. The Morgan fingerprint density at radius 1 is 1.47 bits per heavy atom. The summed E-state index contributed by atoms with van der Waals surface area (Å²) in [7, 11) is 1.52. The highest BCUT2D eigenvalue weighted by Crippen LogP contribution is 2.10. The number of rotatable bonds is 4. The standard InChI is InChI=1S/C11H10FN5O2/c1-16-10(6-13-11(16)17(18)19)7-14-15-9-4-2-8(12)3-5-9/h2-7,15H,1H3. The van der Waals surface area contributed by atoms with Crippen LogP contribution in [0.4, 0.5) is 16.0 Å². The van der Waals surface area contributed by atoms with Crippen molar-refractivity contribution in [1.29, 1.82) is 0 Å². The minimum Gasteiger partial charge on any atom is -0.390 e. The monoisotopic (exact) mass is 263 g/mol. The maximum atomic E-state index is 12.7. The molecule has 1 aromatic heterocycles. The number of nitro groups is 1. The molecule has 0 unspecified atom stereocenters. The third-order valence-electron chi connectivity index (χ3n) is 2.40. The van der Waals surface area contributed by atoms with Crippen molar-refractivity contribution >= 4 is 17.9 Å². The highest BCUT2D eigenvalue weighted by Gasteiger charge is 2.15. The second-order valence-corrected chi connectivity index (χ2v) is 3.68. The number of anilines is 1. The van der Waals surface area contributed by atoms with Crippen LogP contribution in [0.15, 0.2) is 35.6 Å². The summed E-state index contributed by atoms with van der Waals surface area (Å²) in [6.07, 6.45) is 2.73. The highest BCUT2D eigenvalue weighted by atomic mass is 19.1. The summed E-state index contributed by atoms with van der Waals surface area (Å²) in [5.41, 5.74) is 3.76. The Bertz CT molecular complexity index is 621. The van der Waals surface area contributed by atoms with Crippen molar-refractivity contribution in [3.8, 4) is 0 Å². The van der Waals surface area contributed by atoms with Gasteiger partial charge >= 0.3 is 5.95 Å². The van der Waals surface area contributed by atoms with Gasteiger partial charge in [0.25, 0.3) is 0 Å². The average Bonchev–Trinajstić information content (AvgIpc) is 2.74. The van der Waals surface area contributed by atoms with E-state index in [1.54, 1.807) is 0 Å². The van der Waals surface area contributed by atoms with Gasteiger partial charge in [0, 0.05) is 0 Å². The zero-order valence-corrected chi connectivity index (χ0v) is 9.95. The first-order valence-electron chi connectivity index (χ1n) is 5.28. The van der Waals surface area contributed by atoms with Gasteiger partial charge in [-0.05, 0) is 29.2 Å². The first-order chi connectivity index (χ1) is 9.08. The Morgan fingerprint density at radius 3 is 2.74 bits per heavy atom. The van der Waals surface area contributed by atoms with Gasteiger partial charge in [0.15, 0.2) is 5.69 Å². The van der Waals surface area contributed by atoms with E-state index in [2.05, 4.69) is 15.5 Å². The lowest BCUT2D eigenvalue weighted by Gasteiger charge is -1.98. The maximum absolute atomic E-state index is 12.7. The minimum absolute atomic E-state index is 0.261. The van der Waals surface area contributed by atoms with Crippen LogP contribution >= 0.6 is 0 Å². The number of hydrogen-bond acceptors (Lipinski definition) is 5. The van der Waals surface area contributed by atoms with Gasteiger partial charge < -0.3 is 10.1 Å². The molecule has 1 heterocycles. The van der Waals surface area contributed by atoms with Crippen molar-refractivity contribution in [2.45, 2.75) is 0 Å². The fourth-order valence-electron chi connectivity index (χ4n) is 1.40. The van der Waals surface area contributed by atoms with Crippen molar-refractivity contribution in [1.82, 2.24) is 9.55 Å². The van der Waals surface area contributed by atoms with Crippen LogP contribution in [0.2, 0.25) is 0 Å². The number of nitrogens with zero attached hydrogens (tertiary/aromatic N) is 4. The molecule has 7 nitrogen and oxygen atoms in total. The fraction of sp³-hybridized carbons (Fsp3) is 0.0909. The van der Waals surface area contributed by atoms with E-state index in [9.17, 15) is 14.5 Å². The topological polar surface area (TPSA) is 85.3 Å². The SMILES string of the molecule is Cn1c(C=NNc2ccc(F)cc2)cnc1[N+](=O)[O-].